The molecule has 1 aliphatic heterocycles. The van der Waals surface area contributed by atoms with Crippen molar-refractivity contribution in [3.8, 4) is 11.5 Å². The van der Waals surface area contributed by atoms with Crippen LogP contribution in [-0.4, -0.2) is 43.2 Å². The summed E-state index contributed by atoms with van der Waals surface area (Å²) >= 11 is 1.37. The van der Waals surface area contributed by atoms with E-state index in [-0.39, 0.29) is 12.5 Å². The Bertz CT molecular complexity index is 1090. The highest BCUT2D eigenvalue weighted by Gasteiger charge is 2.16. The zero-order valence-corrected chi connectivity index (χ0v) is 18.1. The van der Waals surface area contributed by atoms with Crippen molar-refractivity contribution >= 4 is 23.6 Å². The number of hydrogen-bond donors (Lipinski definition) is 1. The molecule has 0 unspecified atom stereocenters. The molecule has 1 N–H and O–H groups in total. The smallest absolute Gasteiger partial charge is 0.341 e. The van der Waals surface area contributed by atoms with Gasteiger partial charge in [-0.25, -0.2) is 9.78 Å². The van der Waals surface area contributed by atoms with Crippen LogP contribution in [0.4, 0.5) is 0 Å². The molecule has 3 aromatic rings. The third-order valence-electron chi connectivity index (χ3n) is 4.63. The Balaban J connectivity index is 1.25. The van der Waals surface area contributed by atoms with Gasteiger partial charge < -0.3 is 19.5 Å². The summed E-state index contributed by atoms with van der Waals surface area (Å²) in [6, 6.07) is 18.6. The van der Waals surface area contributed by atoms with Gasteiger partial charge in [0, 0.05) is 17.6 Å². The molecular formula is C24H22N2O5S. The first-order valence-corrected chi connectivity index (χ1v) is 11.0. The lowest BCUT2D eigenvalue weighted by Gasteiger charge is -2.18. The summed E-state index contributed by atoms with van der Waals surface area (Å²) in [7, 11) is 0. The van der Waals surface area contributed by atoms with Gasteiger partial charge in [0.15, 0.2) is 18.1 Å². The van der Waals surface area contributed by atoms with Crippen LogP contribution in [0.25, 0.3) is 0 Å². The molecule has 0 spiro atoms. The lowest BCUT2D eigenvalue weighted by atomic mass is 10.1. The van der Waals surface area contributed by atoms with Crippen LogP contribution in [0.1, 0.15) is 15.9 Å². The van der Waals surface area contributed by atoms with Crippen molar-refractivity contribution in [1.29, 1.82) is 0 Å². The van der Waals surface area contributed by atoms with Gasteiger partial charge in [-0.15, -0.1) is 0 Å². The third kappa shape index (κ3) is 5.79. The van der Waals surface area contributed by atoms with E-state index in [1.54, 1.807) is 18.3 Å². The molecule has 0 bridgehead atoms. The van der Waals surface area contributed by atoms with E-state index < -0.39 is 5.97 Å². The van der Waals surface area contributed by atoms with Gasteiger partial charge in [0.2, 0.25) is 0 Å². The van der Waals surface area contributed by atoms with E-state index in [1.807, 2.05) is 48.5 Å². The number of rotatable bonds is 8. The third-order valence-corrected chi connectivity index (χ3v) is 5.65. The standard InChI is InChI=1S/C24H22N2O5S/c27-22(25-12-10-17-8-9-20-21(15-17)30-14-13-29-20)16-31-24(28)19-7-4-11-26-23(19)32-18-5-2-1-3-6-18/h1-9,11,15H,10,12-14,16H2,(H,25,27). The van der Waals surface area contributed by atoms with Gasteiger partial charge >= 0.3 is 5.97 Å². The Morgan fingerprint density at radius 3 is 2.66 bits per heavy atom. The fraction of sp³-hybridized carbons (Fsp3) is 0.208. The minimum Gasteiger partial charge on any atom is -0.486 e. The van der Waals surface area contributed by atoms with Crippen LogP contribution in [0.2, 0.25) is 0 Å². The molecular weight excluding hydrogens is 428 g/mol. The molecule has 0 aliphatic carbocycles. The van der Waals surface area contributed by atoms with Crippen LogP contribution >= 0.6 is 11.8 Å². The van der Waals surface area contributed by atoms with E-state index in [1.165, 1.54) is 11.8 Å². The fourth-order valence-electron chi connectivity index (χ4n) is 3.08. The van der Waals surface area contributed by atoms with Crippen molar-refractivity contribution in [2.45, 2.75) is 16.3 Å². The number of amides is 1. The number of esters is 1. The minimum atomic E-state index is -0.585. The Morgan fingerprint density at radius 2 is 1.81 bits per heavy atom. The number of fused-ring (bicyclic) bond motifs is 1. The highest BCUT2D eigenvalue weighted by molar-refractivity contribution is 7.99. The Kier molecular flexibility index (Phi) is 7.24. The van der Waals surface area contributed by atoms with E-state index in [2.05, 4.69) is 10.3 Å². The second-order valence-electron chi connectivity index (χ2n) is 6.93. The lowest BCUT2D eigenvalue weighted by Crippen LogP contribution is -2.30. The minimum absolute atomic E-state index is 0.324. The van der Waals surface area contributed by atoms with Gasteiger partial charge in [0.25, 0.3) is 5.91 Å². The molecule has 7 nitrogen and oxygen atoms in total. The zero-order valence-electron chi connectivity index (χ0n) is 17.3. The highest BCUT2D eigenvalue weighted by Crippen LogP contribution is 2.31. The predicted molar refractivity (Wildman–Crippen MR) is 119 cm³/mol. The molecule has 1 aromatic heterocycles. The first-order valence-electron chi connectivity index (χ1n) is 10.2. The molecule has 2 heterocycles. The van der Waals surface area contributed by atoms with Crippen LogP contribution in [0.3, 0.4) is 0 Å². The topological polar surface area (TPSA) is 86.8 Å². The summed E-state index contributed by atoms with van der Waals surface area (Å²) in [4.78, 5) is 29.9. The van der Waals surface area contributed by atoms with E-state index in [9.17, 15) is 9.59 Å². The van der Waals surface area contributed by atoms with Gasteiger partial charge in [-0.2, -0.15) is 0 Å². The van der Waals surface area contributed by atoms with Gasteiger partial charge in [-0.1, -0.05) is 36.0 Å². The van der Waals surface area contributed by atoms with Crippen molar-refractivity contribution in [2.24, 2.45) is 0 Å². The highest BCUT2D eigenvalue weighted by atomic mass is 32.2. The molecule has 0 saturated heterocycles. The SMILES string of the molecule is O=C(COC(=O)c1cccnc1Sc1ccccc1)NCCc1ccc2c(c1)OCCO2. The van der Waals surface area contributed by atoms with E-state index >= 15 is 0 Å². The molecule has 32 heavy (non-hydrogen) atoms. The maximum Gasteiger partial charge on any atom is 0.341 e. The van der Waals surface area contributed by atoms with E-state index in [4.69, 9.17) is 14.2 Å². The number of hydrogen-bond acceptors (Lipinski definition) is 7. The molecule has 4 rings (SSSR count). The summed E-state index contributed by atoms with van der Waals surface area (Å²) in [5, 5.41) is 3.29. The average molecular weight is 451 g/mol. The first kappa shape index (κ1) is 21.7. The molecule has 0 saturated carbocycles. The number of carbonyl (C=O) groups is 2. The van der Waals surface area contributed by atoms with E-state index in [0.717, 1.165) is 22.0 Å². The molecule has 8 heteroatoms. The normalized spacial score (nSPS) is 12.1. The quantitative estimate of drug-likeness (QED) is 0.526. The van der Waals surface area contributed by atoms with Crippen LogP contribution < -0.4 is 14.8 Å². The second-order valence-corrected chi connectivity index (χ2v) is 7.99. The maximum absolute atomic E-state index is 12.5. The number of nitrogens with one attached hydrogen (secondary N) is 1. The second kappa shape index (κ2) is 10.7. The number of carbonyl (C=O) groups excluding carboxylic acids is 2. The molecule has 0 radical (unpaired) electrons. The van der Waals surface area contributed by atoms with Gasteiger partial charge in [0.1, 0.15) is 18.2 Å². The fourth-order valence-corrected chi connectivity index (χ4v) is 3.97. The van der Waals surface area contributed by atoms with Crippen molar-refractivity contribution in [1.82, 2.24) is 10.3 Å². The number of pyridine rings is 1. The number of aromatic nitrogens is 1. The molecule has 0 fully saturated rings. The van der Waals surface area contributed by atoms with Crippen LogP contribution in [0.15, 0.2) is 76.8 Å². The van der Waals surface area contributed by atoms with Gasteiger partial charge in [-0.05, 0) is 48.4 Å². The number of ether oxygens (including phenoxy) is 3. The predicted octanol–water partition coefficient (Wildman–Crippen LogP) is 3.52. The van der Waals surface area contributed by atoms with Crippen molar-refractivity contribution < 1.29 is 23.8 Å². The molecule has 0 atom stereocenters. The molecule has 164 valence electrons. The van der Waals surface area contributed by atoms with Crippen LogP contribution in [0.5, 0.6) is 11.5 Å². The summed E-state index contributed by atoms with van der Waals surface area (Å²) in [5.41, 5.74) is 1.34. The summed E-state index contributed by atoms with van der Waals surface area (Å²) < 4.78 is 16.3. The zero-order chi connectivity index (χ0) is 22.2. The molecule has 1 amide bonds. The van der Waals surface area contributed by atoms with E-state index in [0.29, 0.717) is 36.8 Å². The average Bonchev–Trinajstić information content (AvgIpc) is 2.83. The summed E-state index contributed by atoms with van der Waals surface area (Å²) in [6.07, 6.45) is 2.24. The number of benzene rings is 2. The van der Waals surface area contributed by atoms with Gasteiger partial charge in [0.05, 0.1) is 5.56 Å². The van der Waals surface area contributed by atoms with Crippen LogP contribution in [0, 0.1) is 0 Å². The Labute approximate surface area is 190 Å². The monoisotopic (exact) mass is 450 g/mol. The summed E-state index contributed by atoms with van der Waals surface area (Å²) in [6.45, 7) is 1.13. The van der Waals surface area contributed by atoms with Crippen molar-refractivity contribution in [2.75, 3.05) is 26.4 Å². The van der Waals surface area contributed by atoms with Crippen molar-refractivity contribution in [3.63, 3.8) is 0 Å². The summed E-state index contributed by atoms with van der Waals surface area (Å²) in [5.74, 6) is 0.501. The number of nitrogens with zero attached hydrogens (tertiary/aromatic N) is 1. The van der Waals surface area contributed by atoms with Gasteiger partial charge in [-0.3, -0.25) is 4.79 Å². The maximum atomic E-state index is 12.5. The first-order chi connectivity index (χ1) is 15.7. The van der Waals surface area contributed by atoms with Crippen molar-refractivity contribution in [3.05, 3.63) is 78.0 Å². The lowest BCUT2D eigenvalue weighted by molar-refractivity contribution is -0.124. The Morgan fingerprint density at radius 1 is 1.00 bits per heavy atom. The Hall–Kier alpha value is -3.52. The van der Waals surface area contributed by atoms with Crippen LogP contribution in [-0.2, 0) is 16.0 Å². The molecule has 1 aliphatic rings. The molecule has 2 aromatic carbocycles. The largest absolute Gasteiger partial charge is 0.486 e.